The number of methoxy groups -OCH3 is 1. The highest BCUT2D eigenvalue weighted by molar-refractivity contribution is 6.09. The van der Waals surface area contributed by atoms with Gasteiger partial charge >= 0.3 is 0 Å². The van der Waals surface area contributed by atoms with Gasteiger partial charge in [0.05, 0.1) is 13.7 Å². The zero-order valence-corrected chi connectivity index (χ0v) is 20.0. The number of guanidine groups is 1. The van der Waals surface area contributed by atoms with E-state index in [-0.39, 0.29) is 17.6 Å². The maximum absolute atomic E-state index is 13.8. The number of Topliss-reactive ketones (excluding diaryl/α,β-unsaturated/α-hetero) is 1. The van der Waals surface area contributed by atoms with E-state index in [4.69, 9.17) is 20.2 Å². The summed E-state index contributed by atoms with van der Waals surface area (Å²) in [7, 11) is 3.21. The lowest BCUT2D eigenvalue weighted by molar-refractivity contribution is -0.129. The molecule has 0 saturated carbocycles. The number of carbonyl (C=O) groups excluding carboxylic acids is 2. The number of hydrogen-bond acceptors (Lipinski definition) is 6. The van der Waals surface area contributed by atoms with Gasteiger partial charge in [0, 0.05) is 12.6 Å². The van der Waals surface area contributed by atoms with Crippen LogP contribution in [0.1, 0.15) is 40.4 Å². The third-order valence-electron chi connectivity index (χ3n) is 6.76. The van der Waals surface area contributed by atoms with Gasteiger partial charge in [-0.2, -0.15) is 0 Å². The Hall–Kier alpha value is -4.13. The normalized spacial score (nSPS) is 19.1. The summed E-state index contributed by atoms with van der Waals surface area (Å²) in [5, 5.41) is 0. The maximum atomic E-state index is 13.8. The zero-order valence-electron chi connectivity index (χ0n) is 20.0. The van der Waals surface area contributed by atoms with E-state index in [2.05, 4.69) is 0 Å². The van der Waals surface area contributed by atoms with Gasteiger partial charge < -0.3 is 15.2 Å². The van der Waals surface area contributed by atoms with E-state index in [0.717, 1.165) is 40.8 Å². The molecular weight excluding hydrogens is 442 g/mol. The van der Waals surface area contributed by atoms with Gasteiger partial charge in [-0.15, -0.1) is 0 Å². The topological polar surface area (TPSA) is 94.2 Å². The van der Waals surface area contributed by atoms with Crippen molar-refractivity contribution in [1.29, 1.82) is 0 Å². The molecule has 0 aromatic heterocycles. The largest absolute Gasteiger partial charge is 0.497 e. The minimum absolute atomic E-state index is 0.0589. The first-order valence-electron chi connectivity index (χ1n) is 11.5. The average Bonchev–Trinajstić information content (AvgIpc) is 3.12. The predicted octanol–water partition coefficient (Wildman–Crippen LogP) is 3.92. The fourth-order valence-electron chi connectivity index (χ4n) is 4.88. The summed E-state index contributed by atoms with van der Waals surface area (Å²) in [4.78, 5) is 32.3. The number of nitrogens with zero attached hydrogens (tertiary/aromatic N) is 2. The van der Waals surface area contributed by atoms with Crippen molar-refractivity contribution in [3.05, 3.63) is 82.9 Å². The molecule has 0 radical (unpaired) electrons. The number of likely N-dealkylation sites (N-methyl/N-ethyl adjacent to an activating group) is 1. The Morgan fingerprint density at radius 1 is 1.11 bits per heavy atom. The van der Waals surface area contributed by atoms with Crippen LogP contribution in [-0.4, -0.2) is 43.3 Å². The van der Waals surface area contributed by atoms with E-state index in [1.54, 1.807) is 26.3 Å². The number of hydrogen-bond donors (Lipinski definition) is 1. The first kappa shape index (κ1) is 22.7. The molecule has 7 heteroatoms. The van der Waals surface area contributed by atoms with Crippen LogP contribution in [0.25, 0.3) is 11.1 Å². The van der Waals surface area contributed by atoms with Crippen molar-refractivity contribution in [2.45, 2.75) is 25.3 Å². The summed E-state index contributed by atoms with van der Waals surface area (Å²) in [5.74, 6) is 1.33. The molecule has 3 aromatic rings. The summed E-state index contributed by atoms with van der Waals surface area (Å²) in [6.45, 7) is 2.22. The van der Waals surface area contributed by atoms with Crippen LogP contribution in [0.2, 0.25) is 0 Å². The smallest absolute Gasteiger partial charge is 0.266 e. The number of nitrogens with two attached hydrogens (primary N) is 1. The Balaban J connectivity index is 1.72. The highest BCUT2D eigenvalue weighted by Crippen LogP contribution is 2.43. The molecule has 35 heavy (non-hydrogen) atoms. The Morgan fingerprint density at radius 3 is 2.63 bits per heavy atom. The lowest BCUT2D eigenvalue weighted by Crippen LogP contribution is -2.41. The molecule has 2 N–H and O–H groups in total. The maximum Gasteiger partial charge on any atom is 0.266 e. The number of fused-ring (bicyclic) bond motifs is 1. The van der Waals surface area contributed by atoms with Gasteiger partial charge in [-0.3, -0.25) is 14.5 Å². The lowest BCUT2D eigenvalue weighted by atomic mass is 9.80. The molecule has 0 saturated heterocycles. The van der Waals surface area contributed by atoms with Crippen molar-refractivity contribution in [2.75, 3.05) is 20.8 Å². The summed E-state index contributed by atoms with van der Waals surface area (Å²) in [5.41, 5.74) is 9.36. The van der Waals surface area contributed by atoms with Crippen molar-refractivity contribution >= 4 is 17.6 Å². The van der Waals surface area contributed by atoms with Crippen LogP contribution >= 0.6 is 0 Å². The fraction of sp³-hybridized carbons (Fsp3) is 0.250. The number of rotatable bonds is 5. The first-order chi connectivity index (χ1) is 16.8. The van der Waals surface area contributed by atoms with Crippen LogP contribution < -0.4 is 15.2 Å². The third-order valence-corrected chi connectivity index (χ3v) is 6.76. The SMILES string of the molecule is COc1ccc(C(C)=O)c(-c2cccc(C3(c4ccc5c(c4)CCCO5)N=C(N)N(C)C3=O)c2)c1. The van der Waals surface area contributed by atoms with Gasteiger partial charge in [-0.25, -0.2) is 4.99 Å². The van der Waals surface area contributed by atoms with E-state index < -0.39 is 5.54 Å². The number of amides is 1. The minimum Gasteiger partial charge on any atom is -0.497 e. The highest BCUT2D eigenvalue weighted by atomic mass is 16.5. The Labute approximate surface area is 204 Å². The van der Waals surface area contributed by atoms with E-state index >= 15 is 0 Å². The molecule has 7 nitrogen and oxygen atoms in total. The van der Waals surface area contributed by atoms with E-state index in [0.29, 0.717) is 23.5 Å². The second-order valence-corrected chi connectivity index (χ2v) is 8.87. The molecule has 1 atom stereocenters. The molecule has 0 spiro atoms. The van der Waals surface area contributed by atoms with Crippen LogP contribution in [0.4, 0.5) is 0 Å². The van der Waals surface area contributed by atoms with Crippen molar-refractivity contribution in [1.82, 2.24) is 4.90 Å². The summed E-state index contributed by atoms with van der Waals surface area (Å²) >= 11 is 0. The summed E-state index contributed by atoms with van der Waals surface area (Å²) in [6.07, 6.45) is 1.79. The zero-order chi connectivity index (χ0) is 24.7. The molecule has 178 valence electrons. The number of carbonyl (C=O) groups is 2. The number of aryl methyl sites for hydroxylation is 1. The van der Waals surface area contributed by atoms with Gasteiger partial charge in [-0.1, -0.05) is 24.3 Å². The monoisotopic (exact) mass is 469 g/mol. The molecule has 2 heterocycles. The van der Waals surface area contributed by atoms with Gasteiger partial charge in [0.2, 0.25) is 0 Å². The standard InChI is InChI=1S/C28H27N3O4/c1-17(32)23-11-10-22(34-3)16-24(23)18-6-4-8-20(14-18)28(26(33)31(2)27(29)30-28)21-9-12-25-19(15-21)7-5-13-35-25/h4,6,8-12,14-16H,5,7,13H2,1-3H3,(H2,29,30). The number of aliphatic imine (C=N–C) groups is 1. The van der Waals surface area contributed by atoms with Crippen molar-refractivity contribution in [2.24, 2.45) is 10.7 Å². The number of ketones is 1. The van der Waals surface area contributed by atoms with Crippen molar-refractivity contribution < 1.29 is 19.1 Å². The minimum atomic E-state index is -1.34. The van der Waals surface area contributed by atoms with Gasteiger partial charge in [0.15, 0.2) is 17.3 Å². The summed E-state index contributed by atoms with van der Waals surface area (Å²) < 4.78 is 11.2. The molecule has 0 aliphatic carbocycles. The predicted molar refractivity (Wildman–Crippen MR) is 134 cm³/mol. The first-order valence-corrected chi connectivity index (χ1v) is 11.5. The fourth-order valence-corrected chi connectivity index (χ4v) is 4.88. The highest BCUT2D eigenvalue weighted by Gasteiger charge is 2.49. The molecule has 1 unspecified atom stereocenters. The quantitative estimate of drug-likeness (QED) is 0.572. The van der Waals surface area contributed by atoms with Crippen LogP contribution in [0, 0.1) is 0 Å². The average molecular weight is 470 g/mol. The second kappa shape index (κ2) is 8.58. The molecule has 1 amide bonds. The third kappa shape index (κ3) is 3.64. The van der Waals surface area contributed by atoms with Crippen LogP contribution in [0.3, 0.4) is 0 Å². The molecule has 2 aliphatic heterocycles. The van der Waals surface area contributed by atoms with Crippen LogP contribution in [0.15, 0.2) is 65.7 Å². The Kier molecular flexibility index (Phi) is 5.55. The molecule has 0 bridgehead atoms. The van der Waals surface area contributed by atoms with Crippen molar-refractivity contribution in [3.8, 4) is 22.6 Å². The lowest BCUT2D eigenvalue weighted by Gasteiger charge is -2.28. The molecular formula is C28H27N3O4. The van der Waals surface area contributed by atoms with Crippen LogP contribution in [0.5, 0.6) is 11.5 Å². The van der Waals surface area contributed by atoms with Crippen molar-refractivity contribution in [3.63, 3.8) is 0 Å². The Bertz CT molecular complexity index is 1380. The number of ether oxygens (including phenoxy) is 2. The number of benzene rings is 3. The van der Waals surface area contributed by atoms with Gasteiger partial charge in [-0.05, 0) is 84.0 Å². The molecule has 3 aromatic carbocycles. The van der Waals surface area contributed by atoms with E-state index in [1.807, 2.05) is 48.5 Å². The Morgan fingerprint density at radius 2 is 1.91 bits per heavy atom. The summed E-state index contributed by atoms with van der Waals surface area (Å²) in [6, 6.07) is 18.7. The van der Waals surface area contributed by atoms with E-state index in [1.165, 1.54) is 11.8 Å². The van der Waals surface area contributed by atoms with E-state index in [9.17, 15) is 9.59 Å². The second-order valence-electron chi connectivity index (χ2n) is 8.87. The molecule has 5 rings (SSSR count). The van der Waals surface area contributed by atoms with Gasteiger partial charge in [0.1, 0.15) is 11.5 Å². The van der Waals surface area contributed by atoms with Crippen LogP contribution in [-0.2, 0) is 16.8 Å². The van der Waals surface area contributed by atoms with Gasteiger partial charge in [0.25, 0.3) is 5.91 Å². The molecule has 2 aliphatic rings. The molecule has 0 fully saturated rings.